The van der Waals surface area contributed by atoms with Crippen molar-refractivity contribution < 1.29 is 26.8 Å². The standard InChI is InChI=1S/C15H8F4N2O2/c16-11-4-3-10(6-9(11)8-22)21-12(13-2-1-5-23-13)7-14(20-21)15(17,18)19/h1-8H. The molecule has 0 fully saturated rings. The van der Waals surface area contributed by atoms with Gasteiger partial charge in [0, 0.05) is 6.07 Å². The molecule has 0 N–H and O–H groups in total. The minimum absolute atomic E-state index is 0.0331. The van der Waals surface area contributed by atoms with Crippen LogP contribution in [0.25, 0.3) is 17.1 Å². The summed E-state index contributed by atoms with van der Waals surface area (Å²) in [6.07, 6.45) is -3.07. The Morgan fingerprint density at radius 1 is 1.17 bits per heavy atom. The van der Waals surface area contributed by atoms with Crippen molar-refractivity contribution in [3.05, 3.63) is 59.7 Å². The number of nitrogens with zero attached hydrogens (tertiary/aromatic N) is 2. The monoisotopic (exact) mass is 324 g/mol. The Balaban J connectivity index is 2.22. The van der Waals surface area contributed by atoms with E-state index in [1.54, 1.807) is 0 Å². The molecular weight excluding hydrogens is 316 g/mol. The molecule has 0 spiro atoms. The first-order valence-corrected chi connectivity index (χ1v) is 6.36. The van der Waals surface area contributed by atoms with Crippen molar-refractivity contribution in [3.8, 4) is 17.1 Å². The van der Waals surface area contributed by atoms with Gasteiger partial charge < -0.3 is 4.42 Å². The Morgan fingerprint density at radius 3 is 2.57 bits per heavy atom. The average molecular weight is 324 g/mol. The van der Waals surface area contributed by atoms with Gasteiger partial charge in [-0.1, -0.05) is 0 Å². The summed E-state index contributed by atoms with van der Waals surface area (Å²) in [7, 11) is 0. The van der Waals surface area contributed by atoms with Crippen LogP contribution in [0.3, 0.4) is 0 Å². The summed E-state index contributed by atoms with van der Waals surface area (Å²) in [5.41, 5.74) is -1.26. The molecule has 3 rings (SSSR count). The fourth-order valence-electron chi connectivity index (χ4n) is 2.07. The number of furan rings is 1. The number of hydrogen-bond acceptors (Lipinski definition) is 3. The zero-order chi connectivity index (χ0) is 16.6. The van der Waals surface area contributed by atoms with Crippen LogP contribution < -0.4 is 0 Å². The number of aromatic nitrogens is 2. The Kier molecular flexibility index (Phi) is 3.51. The molecular formula is C15H8F4N2O2. The van der Waals surface area contributed by atoms with Crippen molar-refractivity contribution in [1.29, 1.82) is 0 Å². The smallest absolute Gasteiger partial charge is 0.435 e. The molecule has 0 amide bonds. The molecule has 0 bridgehead atoms. The Bertz CT molecular complexity index is 851. The number of carbonyl (C=O) groups excluding carboxylic acids is 1. The van der Waals surface area contributed by atoms with Crippen LogP contribution in [0.5, 0.6) is 0 Å². The van der Waals surface area contributed by atoms with E-state index in [4.69, 9.17) is 4.42 Å². The van der Waals surface area contributed by atoms with Gasteiger partial charge in [0.15, 0.2) is 17.7 Å². The highest BCUT2D eigenvalue weighted by Gasteiger charge is 2.35. The predicted octanol–water partition coefficient (Wildman–Crippen LogP) is 4.10. The number of alkyl halides is 3. The molecule has 0 atom stereocenters. The summed E-state index contributed by atoms with van der Waals surface area (Å²) in [5.74, 6) is -0.614. The maximum absolute atomic E-state index is 13.4. The molecule has 0 unspecified atom stereocenters. The molecule has 0 radical (unpaired) electrons. The van der Waals surface area contributed by atoms with E-state index in [-0.39, 0.29) is 29.0 Å². The van der Waals surface area contributed by atoms with Crippen molar-refractivity contribution in [2.45, 2.75) is 6.18 Å². The van der Waals surface area contributed by atoms with Gasteiger partial charge in [0.05, 0.1) is 17.5 Å². The minimum Gasteiger partial charge on any atom is -0.463 e. The van der Waals surface area contributed by atoms with Crippen molar-refractivity contribution in [1.82, 2.24) is 9.78 Å². The molecule has 4 nitrogen and oxygen atoms in total. The number of rotatable bonds is 3. The molecule has 0 saturated carbocycles. The van der Waals surface area contributed by atoms with E-state index in [1.807, 2.05) is 0 Å². The Morgan fingerprint density at radius 2 is 1.96 bits per heavy atom. The van der Waals surface area contributed by atoms with Gasteiger partial charge in [0.1, 0.15) is 11.5 Å². The number of hydrogen-bond donors (Lipinski definition) is 0. The highest BCUT2D eigenvalue weighted by Crippen LogP contribution is 2.33. The molecule has 2 aromatic heterocycles. The van der Waals surface area contributed by atoms with Crippen molar-refractivity contribution >= 4 is 6.29 Å². The number of halogens is 4. The summed E-state index contributed by atoms with van der Waals surface area (Å²) < 4.78 is 58.2. The van der Waals surface area contributed by atoms with Crippen LogP contribution in [0.2, 0.25) is 0 Å². The predicted molar refractivity (Wildman–Crippen MR) is 71.6 cm³/mol. The van der Waals surface area contributed by atoms with E-state index < -0.39 is 17.7 Å². The van der Waals surface area contributed by atoms with Crippen LogP contribution in [0.4, 0.5) is 17.6 Å². The van der Waals surface area contributed by atoms with E-state index in [2.05, 4.69) is 5.10 Å². The lowest BCUT2D eigenvalue weighted by Crippen LogP contribution is -2.07. The molecule has 23 heavy (non-hydrogen) atoms. The maximum Gasteiger partial charge on any atom is 0.435 e. The van der Waals surface area contributed by atoms with Gasteiger partial charge in [0.2, 0.25) is 0 Å². The second kappa shape index (κ2) is 5.38. The van der Waals surface area contributed by atoms with Gasteiger partial charge in [-0.25, -0.2) is 9.07 Å². The number of benzene rings is 1. The summed E-state index contributed by atoms with van der Waals surface area (Å²) in [6.45, 7) is 0. The molecule has 8 heteroatoms. The van der Waals surface area contributed by atoms with Crippen LogP contribution >= 0.6 is 0 Å². The Hall–Kier alpha value is -2.90. The lowest BCUT2D eigenvalue weighted by Gasteiger charge is -2.07. The SMILES string of the molecule is O=Cc1cc(-n2nc(C(F)(F)F)cc2-c2ccco2)ccc1F. The second-order valence-electron chi connectivity index (χ2n) is 4.63. The molecule has 0 saturated heterocycles. The Labute approximate surface area is 127 Å². The van der Waals surface area contributed by atoms with Gasteiger partial charge in [-0.3, -0.25) is 4.79 Å². The fraction of sp³-hybridized carbons (Fsp3) is 0.0667. The van der Waals surface area contributed by atoms with E-state index in [0.717, 1.165) is 22.9 Å². The van der Waals surface area contributed by atoms with Crippen LogP contribution in [0.15, 0.2) is 47.1 Å². The van der Waals surface area contributed by atoms with E-state index in [9.17, 15) is 22.4 Å². The van der Waals surface area contributed by atoms with Gasteiger partial charge >= 0.3 is 6.18 Å². The third-order valence-corrected chi connectivity index (χ3v) is 3.12. The molecule has 1 aromatic carbocycles. The third kappa shape index (κ3) is 2.75. The second-order valence-corrected chi connectivity index (χ2v) is 4.63. The third-order valence-electron chi connectivity index (χ3n) is 3.12. The molecule has 3 aromatic rings. The number of aldehydes is 1. The van der Waals surface area contributed by atoms with Crippen LogP contribution in [0.1, 0.15) is 16.1 Å². The van der Waals surface area contributed by atoms with Crippen molar-refractivity contribution in [3.63, 3.8) is 0 Å². The lowest BCUT2D eigenvalue weighted by molar-refractivity contribution is -0.141. The molecule has 118 valence electrons. The molecule has 2 heterocycles. The van der Waals surface area contributed by atoms with Crippen LogP contribution in [-0.4, -0.2) is 16.1 Å². The summed E-state index contributed by atoms with van der Waals surface area (Å²) in [6, 6.07) is 7.13. The minimum atomic E-state index is -4.65. The zero-order valence-corrected chi connectivity index (χ0v) is 11.3. The maximum atomic E-state index is 13.4. The largest absolute Gasteiger partial charge is 0.463 e. The molecule has 0 aliphatic rings. The zero-order valence-electron chi connectivity index (χ0n) is 11.3. The summed E-state index contributed by atoms with van der Waals surface area (Å²) >= 11 is 0. The first-order valence-electron chi connectivity index (χ1n) is 6.36. The number of carbonyl (C=O) groups is 1. The normalized spacial score (nSPS) is 11.7. The average Bonchev–Trinajstić information content (AvgIpc) is 3.16. The molecule has 0 aliphatic carbocycles. The van der Waals surface area contributed by atoms with Gasteiger partial charge in [-0.2, -0.15) is 18.3 Å². The van der Waals surface area contributed by atoms with Gasteiger partial charge in [-0.15, -0.1) is 0 Å². The highest BCUT2D eigenvalue weighted by atomic mass is 19.4. The van der Waals surface area contributed by atoms with Gasteiger partial charge in [0.25, 0.3) is 0 Å². The fourth-order valence-corrected chi connectivity index (χ4v) is 2.07. The van der Waals surface area contributed by atoms with Gasteiger partial charge in [-0.05, 0) is 30.3 Å². The van der Waals surface area contributed by atoms with Crippen LogP contribution in [-0.2, 0) is 6.18 Å². The van der Waals surface area contributed by atoms with Crippen LogP contribution in [0, 0.1) is 5.82 Å². The van der Waals surface area contributed by atoms with Crippen molar-refractivity contribution in [2.75, 3.05) is 0 Å². The molecule has 0 aliphatic heterocycles. The summed E-state index contributed by atoms with van der Waals surface area (Å²) in [5, 5.41) is 3.51. The summed E-state index contributed by atoms with van der Waals surface area (Å²) in [4.78, 5) is 10.8. The quantitative estimate of drug-likeness (QED) is 0.538. The lowest BCUT2D eigenvalue weighted by atomic mass is 10.2. The van der Waals surface area contributed by atoms with Crippen molar-refractivity contribution in [2.24, 2.45) is 0 Å². The first-order chi connectivity index (χ1) is 10.9. The van der Waals surface area contributed by atoms with E-state index in [1.165, 1.54) is 24.5 Å². The first kappa shape index (κ1) is 15.0. The highest BCUT2D eigenvalue weighted by molar-refractivity contribution is 5.76. The topological polar surface area (TPSA) is 48.0 Å². The van der Waals surface area contributed by atoms with E-state index >= 15 is 0 Å². The van der Waals surface area contributed by atoms with E-state index in [0.29, 0.717) is 0 Å².